The van der Waals surface area contributed by atoms with Crippen molar-refractivity contribution in [1.29, 1.82) is 5.26 Å². The van der Waals surface area contributed by atoms with Crippen molar-refractivity contribution < 1.29 is 0 Å². The Hall–Kier alpha value is -2.61. The van der Waals surface area contributed by atoms with Gasteiger partial charge in [-0.25, -0.2) is 4.98 Å². The van der Waals surface area contributed by atoms with Gasteiger partial charge < -0.3 is 10.6 Å². The predicted octanol–water partition coefficient (Wildman–Crippen LogP) is 4.18. The molecule has 0 amide bonds. The van der Waals surface area contributed by atoms with E-state index in [1.54, 1.807) is 6.07 Å². The minimum Gasteiger partial charge on any atom is -0.352 e. The molecule has 1 aliphatic rings. The van der Waals surface area contributed by atoms with Gasteiger partial charge in [0.15, 0.2) is 0 Å². The lowest BCUT2D eigenvalue weighted by Crippen LogP contribution is -2.16. The maximum atomic E-state index is 9.22. The van der Waals surface area contributed by atoms with Crippen molar-refractivity contribution in [1.82, 2.24) is 9.97 Å². The smallest absolute Gasteiger partial charge is 0.225 e. The van der Waals surface area contributed by atoms with Gasteiger partial charge in [-0.15, -0.1) is 0 Å². The summed E-state index contributed by atoms with van der Waals surface area (Å²) in [6, 6.07) is 12.0. The monoisotopic (exact) mass is 307 g/mol. The van der Waals surface area contributed by atoms with E-state index in [0.29, 0.717) is 23.5 Å². The Morgan fingerprint density at radius 3 is 2.78 bits per heavy atom. The molecule has 0 aliphatic heterocycles. The largest absolute Gasteiger partial charge is 0.352 e. The van der Waals surface area contributed by atoms with Crippen LogP contribution in [-0.2, 0) is 0 Å². The Morgan fingerprint density at radius 1 is 1.30 bits per heavy atom. The number of nitrogens with one attached hydrogen (secondary N) is 2. The first-order valence-electron chi connectivity index (χ1n) is 8.11. The zero-order valence-corrected chi connectivity index (χ0v) is 13.5. The summed E-state index contributed by atoms with van der Waals surface area (Å²) in [4.78, 5) is 9.20. The van der Waals surface area contributed by atoms with Gasteiger partial charge in [-0.1, -0.05) is 19.1 Å². The molecule has 0 radical (unpaired) electrons. The van der Waals surface area contributed by atoms with Crippen molar-refractivity contribution in [2.24, 2.45) is 0 Å². The zero-order chi connectivity index (χ0) is 16.2. The van der Waals surface area contributed by atoms with Gasteiger partial charge in [-0.05, 0) is 38.3 Å². The molecule has 2 aromatic rings. The van der Waals surface area contributed by atoms with Crippen LogP contribution in [-0.4, -0.2) is 16.0 Å². The third-order valence-corrected chi connectivity index (χ3v) is 4.04. The van der Waals surface area contributed by atoms with E-state index in [0.717, 1.165) is 23.6 Å². The van der Waals surface area contributed by atoms with E-state index in [-0.39, 0.29) is 0 Å². The molecule has 1 aromatic carbocycles. The highest BCUT2D eigenvalue weighted by Gasteiger charge is 2.26. The molecule has 1 aliphatic carbocycles. The Kier molecular flexibility index (Phi) is 4.42. The van der Waals surface area contributed by atoms with Crippen LogP contribution < -0.4 is 10.6 Å². The molecule has 1 saturated carbocycles. The second-order valence-corrected chi connectivity index (χ2v) is 6.01. The van der Waals surface area contributed by atoms with E-state index in [9.17, 15) is 5.26 Å². The van der Waals surface area contributed by atoms with Crippen LogP contribution in [0.3, 0.4) is 0 Å². The van der Waals surface area contributed by atoms with E-state index < -0.39 is 0 Å². The average Bonchev–Trinajstić information content (AvgIpc) is 3.40. The highest BCUT2D eigenvalue weighted by Crippen LogP contribution is 2.40. The molecule has 0 unspecified atom stereocenters. The second kappa shape index (κ2) is 6.66. The normalized spacial score (nSPS) is 14.8. The van der Waals surface area contributed by atoms with Crippen molar-refractivity contribution in [3.8, 4) is 6.07 Å². The summed E-state index contributed by atoms with van der Waals surface area (Å²) in [6.45, 7) is 4.25. The van der Waals surface area contributed by atoms with Crippen molar-refractivity contribution in [2.75, 3.05) is 10.6 Å². The van der Waals surface area contributed by atoms with Crippen LogP contribution in [0.1, 0.15) is 50.3 Å². The fourth-order valence-corrected chi connectivity index (χ4v) is 2.33. The van der Waals surface area contributed by atoms with Gasteiger partial charge in [0.2, 0.25) is 5.95 Å². The van der Waals surface area contributed by atoms with Crippen LogP contribution in [0.25, 0.3) is 0 Å². The highest BCUT2D eigenvalue weighted by atomic mass is 15.2. The predicted molar refractivity (Wildman–Crippen MR) is 91.8 cm³/mol. The molecular weight excluding hydrogens is 286 g/mol. The van der Waals surface area contributed by atoms with E-state index in [4.69, 9.17) is 0 Å². The molecule has 1 atom stereocenters. The third kappa shape index (κ3) is 3.78. The molecule has 3 rings (SSSR count). The first-order chi connectivity index (χ1) is 11.2. The number of nitriles is 1. The van der Waals surface area contributed by atoms with Gasteiger partial charge in [-0.2, -0.15) is 10.2 Å². The van der Waals surface area contributed by atoms with Crippen LogP contribution in [0.15, 0.2) is 30.3 Å². The van der Waals surface area contributed by atoms with Crippen LogP contribution in [0.2, 0.25) is 0 Å². The average molecular weight is 307 g/mol. The van der Waals surface area contributed by atoms with Crippen LogP contribution in [0, 0.1) is 11.3 Å². The molecule has 1 heterocycles. The number of nitrogens with zero attached hydrogens (tertiary/aromatic N) is 3. The quantitative estimate of drug-likeness (QED) is 0.837. The molecule has 118 valence electrons. The summed E-state index contributed by atoms with van der Waals surface area (Å²) in [5.74, 6) is 1.93. The van der Waals surface area contributed by atoms with Gasteiger partial charge >= 0.3 is 0 Å². The van der Waals surface area contributed by atoms with Crippen molar-refractivity contribution in [3.63, 3.8) is 0 Å². The van der Waals surface area contributed by atoms with Crippen LogP contribution >= 0.6 is 0 Å². The highest BCUT2D eigenvalue weighted by molar-refractivity contribution is 5.65. The van der Waals surface area contributed by atoms with E-state index >= 15 is 0 Å². The summed E-state index contributed by atoms with van der Waals surface area (Å²) in [5.41, 5.74) is 2.45. The number of hydrogen-bond donors (Lipinski definition) is 2. The van der Waals surface area contributed by atoms with E-state index in [1.165, 1.54) is 12.8 Å². The van der Waals surface area contributed by atoms with Gasteiger partial charge in [-0.3, -0.25) is 0 Å². The molecule has 1 fully saturated rings. The van der Waals surface area contributed by atoms with Crippen LogP contribution in [0.5, 0.6) is 0 Å². The van der Waals surface area contributed by atoms with Crippen LogP contribution in [0.4, 0.5) is 17.5 Å². The van der Waals surface area contributed by atoms with E-state index in [1.807, 2.05) is 24.3 Å². The fourth-order valence-electron chi connectivity index (χ4n) is 2.33. The molecule has 0 bridgehead atoms. The number of hydrogen-bond acceptors (Lipinski definition) is 5. The second-order valence-electron chi connectivity index (χ2n) is 6.01. The fraction of sp³-hybridized carbons (Fsp3) is 0.389. The standard InChI is InChI=1S/C18H21N5/c1-3-12(2)20-18-22-16(13-8-9-13)10-17(23-18)21-15-7-5-4-6-14(15)11-19/h4-7,10,12-13H,3,8-9H2,1-2H3,(H2,20,21,22,23)/t12-/m0/s1. The van der Waals surface area contributed by atoms with Gasteiger partial charge in [0.05, 0.1) is 16.9 Å². The van der Waals surface area contributed by atoms with E-state index in [2.05, 4.69) is 40.5 Å². The molecule has 2 N–H and O–H groups in total. The van der Waals surface area contributed by atoms with Gasteiger partial charge in [0, 0.05) is 18.0 Å². The van der Waals surface area contributed by atoms with Crippen molar-refractivity contribution >= 4 is 17.5 Å². The minimum atomic E-state index is 0.323. The zero-order valence-electron chi connectivity index (χ0n) is 13.5. The third-order valence-electron chi connectivity index (χ3n) is 4.04. The molecular formula is C18H21N5. The Morgan fingerprint density at radius 2 is 2.09 bits per heavy atom. The first kappa shape index (κ1) is 15.3. The number of para-hydroxylation sites is 1. The molecule has 1 aromatic heterocycles. The summed E-state index contributed by atoms with van der Waals surface area (Å²) < 4.78 is 0. The molecule has 0 saturated heterocycles. The number of anilines is 3. The summed E-state index contributed by atoms with van der Waals surface area (Å²) in [5, 5.41) is 15.8. The van der Waals surface area contributed by atoms with Crippen molar-refractivity contribution in [3.05, 3.63) is 41.6 Å². The minimum absolute atomic E-state index is 0.323. The van der Waals surface area contributed by atoms with Gasteiger partial charge in [0.25, 0.3) is 0 Å². The molecule has 23 heavy (non-hydrogen) atoms. The molecule has 0 spiro atoms. The Balaban J connectivity index is 1.90. The summed E-state index contributed by atoms with van der Waals surface area (Å²) in [6.07, 6.45) is 3.39. The number of rotatable bonds is 6. The maximum Gasteiger partial charge on any atom is 0.225 e. The number of benzene rings is 1. The first-order valence-corrected chi connectivity index (χ1v) is 8.11. The lowest BCUT2D eigenvalue weighted by atomic mass is 10.2. The molecule has 5 heteroatoms. The molecule has 5 nitrogen and oxygen atoms in total. The Bertz CT molecular complexity index is 730. The van der Waals surface area contributed by atoms with Gasteiger partial charge in [0.1, 0.15) is 11.9 Å². The Labute approximate surface area is 136 Å². The topological polar surface area (TPSA) is 73.6 Å². The lowest BCUT2D eigenvalue weighted by molar-refractivity contribution is 0.750. The lowest BCUT2D eigenvalue weighted by Gasteiger charge is -2.14. The SMILES string of the molecule is CC[C@H](C)Nc1nc(Nc2ccccc2C#N)cc(C2CC2)n1. The summed E-state index contributed by atoms with van der Waals surface area (Å²) in [7, 11) is 0. The van der Waals surface area contributed by atoms with Crippen molar-refractivity contribution in [2.45, 2.75) is 45.1 Å². The summed E-state index contributed by atoms with van der Waals surface area (Å²) >= 11 is 0. The number of aromatic nitrogens is 2. The maximum absolute atomic E-state index is 9.22.